The highest BCUT2D eigenvalue weighted by molar-refractivity contribution is 5.79. The molecule has 1 heterocycles. The van der Waals surface area contributed by atoms with Crippen LogP contribution in [0.2, 0.25) is 0 Å². The van der Waals surface area contributed by atoms with E-state index in [4.69, 9.17) is 10.6 Å². The Hall–Kier alpha value is -0.850. The SMILES string of the molecule is COCCN=C(NN)N1CCN(C)C(C)C1. The van der Waals surface area contributed by atoms with Gasteiger partial charge in [0.1, 0.15) is 0 Å². The molecule has 1 atom stereocenters. The van der Waals surface area contributed by atoms with Crippen LogP contribution in [0.1, 0.15) is 6.92 Å². The second kappa shape index (κ2) is 6.67. The molecule has 0 aromatic carbocycles. The molecule has 0 amide bonds. The van der Waals surface area contributed by atoms with Crippen LogP contribution in [0.15, 0.2) is 4.99 Å². The van der Waals surface area contributed by atoms with Gasteiger partial charge in [0, 0.05) is 32.8 Å². The summed E-state index contributed by atoms with van der Waals surface area (Å²) in [5.74, 6) is 6.25. The molecule has 1 fully saturated rings. The minimum Gasteiger partial charge on any atom is -0.383 e. The van der Waals surface area contributed by atoms with E-state index in [0.29, 0.717) is 19.2 Å². The molecule has 0 aromatic rings. The Kier molecular flexibility index (Phi) is 5.51. The van der Waals surface area contributed by atoms with Crippen LogP contribution in [0.3, 0.4) is 0 Å². The highest BCUT2D eigenvalue weighted by atomic mass is 16.5. The average Bonchev–Trinajstić information content (AvgIpc) is 2.29. The van der Waals surface area contributed by atoms with Gasteiger partial charge in [0.25, 0.3) is 0 Å². The topological polar surface area (TPSA) is 66.1 Å². The minimum atomic E-state index is 0.523. The quantitative estimate of drug-likeness (QED) is 0.216. The van der Waals surface area contributed by atoms with Crippen molar-refractivity contribution in [3.05, 3.63) is 0 Å². The fourth-order valence-electron chi connectivity index (χ4n) is 1.72. The normalized spacial score (nSPS) is 23.6. The summed E-state index contributed by atoms with van der Waals surface area (Å²) in [6.45, 7) is 6.40. The Balaban J connectivity index is 2.49. The standard InChI is InChI=1S/C10H23N5O/c1-9-8-15(6-5-14(9)2)10(13-11)12-4-7-16-3/h9H,4-8,11H2,1-3H3,(H,12,13). The molecule has 1 aliphatic rings. The summed E-state index contributed by atoms with van der Waals surface area (Å²) in [7, 11) is 3.81. The van der Waals surface area contributed by atoms with E-state index in [1.807, 2.05) is 0 Å². The van der Waals surface area contributed by atoms with E-state index >= 15 is 0 Å². The summed E-state index contributed by atoms with van der Waals surface area (Å²) in [4.78, 5) is 8.89. The summed E-state index contributed by atoms with van der Waals surface area (Å²) in [6.07, 6.45) is 0. The number of hydrazine groups is 1. The first-order valence-electron chi connectivity index (χ1n) is 5.64. The van der Waals surface area contributed by atoms with Gasteiger partial charge in [-0.2, -0.15) is 0 Å². The zero-order valence-electron chi connectivity index (χ0n) is 10.4. The van der Waals surface area contributed by atoms with Crippen LogP contribution in [0.25, 0.3) is 0 Å². The van der Waals surface area contributed by atoms with Gasteiger partial charge in [0.2, 0.25) is 5.96 Å². The molecule has 0 saturated carbocycles. The molecule has 6 heteroatoms. The lowest BCUT2D eigenvalue weighted by atomic mass is 10.2. The Bertz CT molecular complexity index is 233. The summed E-state index contributed by atoms with van der Waals surface area (Å²) in [5.41, 5.74) is 2.67. The van der Waals surface area contributed by atoms with Gasteiger partial charge in [-0.3, -0.25) is 5.43 Å². The molecule has 6 nitrogen and oxygen atoms in total. The van der Waals surface area contributed by atoms with Crippen molar-refractivity contribution >= 4 is 5.96 Å². The number of hydrogen-bond acceptors (Lipinski definition) is 4. The fraction of sp³-hybridized carbons (Fsp3) is 0.900. The van der Waals surface area contributed by atoms with Crippen molar-refractivity contribution in [3.8, 4) is 0 Å². The van der Waals surface area contributed by atoms with Gasteiger partial charge in [0.05, 0.1) is 13.2 Å². The maximum Gasteiger partial charge on any atom is 0.208 e. The number of aliphatic imine (C=N–C) groups is 1. The number of rotatable bonds is 3. The van der Waals surface area contributed by atoms with Crippen molar-refractivity contribution in [1.29, 1.82) is 0 Å². The average molecular weight is 229 g/mol. The molecule has 1 aliphatic heterocycles. The highest BCUT2D eigenvalue weighted by Crippen LogP contribution is 2.06. The fourth-order valence-corrected chi connectivity index (χ4v) is 1.72. The Labute approximate surface area is 97.4 Å². The number of hydrogen-bond donors (Lipinski definition) is 2. The molecule has 0 bridgehead atoms. The smallest absolute Gasteiger partial charge is 0.208 e. The highest BCUT2D eigenvalue weighted by Gasteiger charge is 2.22. The van der Waals surface area contributed by atoms with E-state index in [9.17, 15) is 0 Å². The number of ether oxygens (including phenoxy) is 1. The minimum absolute atomic E-state index is 0.523. The molecule has 0 spiro atoms. The number of likely N-dealkylation sites (N-methyl/N-ethyl adjacent to an activating group) is 1. The molecule has 16 heavy (non-hydrogen) atoms. The third-order valence-electron chi connectivity index (χ3n) is 2.95. The molecule has 3 N–H and O–H groups in total. The van der Waals surface area contributed by atoms with Crippen molar-refractivity contribution in [2.75, 3.05) is 46.9 Å². The van der Waals surface area contributed by atoms with Crippen LogP contribution in [-0.4, -0.2) is 68.7 Å². The number of nitrogens with two attached hydrogens (primary N) is 1. The summed E-state index contributed by atoms with van der Waals surface area (Å²) >= 11 is 0. The summed E-state index contributed by atoms with van der Waals surface area (Å²) < 4.78 is 4.96. The summed E-state index contributed by atoms with van der Waals surface area (Å²) in [6, 6.07) is 0.523. The lowest BCUT2D eigenvalue weighted by Crippen LogP contribution is -2.56. The van der Waals surface area contributed by atoms with Gasteiger partial charge in [-0.15, -0.1) is 0 Å². The number of guanidine groups is 1. The lowest BCUT2D eigenvalue weighted by Gasteiger charge is -2.38. The molecule has 1 saturated heterocycles. The van der Waals surface area contributed by atoms with Crippen molar-refractivity contribution in [3.63, 3.8) is 0 Å². The maximum atomic E-state index is 5.49. The van der Waals surface area contributed by atoms with Crippen LogP contribution in [0.5, 0.6) is 0 Å². The van der Waals surface area contributed by atoms with E-state index < -0.39 is 0 Å². The number of methoxy groups -OCH3 is 1. The monoisotopic (exact) mass is 229 g/mol. The Morgan fingerprint density at radius 3 is 2.88 bits per heavy atom. The third kappa shape index (κ3) is 3.62. The molecule has 0 radical (unpaired) electrons. The van der Waals surface area contributed by atoms with Gasteiger partial charge in [-0.1, -0.05) is 0 Å². The van der Waals surface area contributed by atoms with Crippen molar-refractivity contribution in [1.82, 2.24) is 15.2 Å². The first-order valence-corrected chi connectivity index (χ1v) is 5.64. The van der Waals surface area contributed by atoms with E-state index in [-0.39, 0.29) is 0 Å². The lowest BCUT2D eigenvalue weighted by molar-refractivity contribution is 0.149. The van der Waals surface area contributed by atoms with Crippen LogP contribution in [-0.2, 0) is 4.74 Å². The second-order valence-electron chi connectivity index (χ2n) is 4.12. The molecular weight excluding hydrogens is 206 g/mol. The predicted molar refractivity (Wildman–Crippen MR) is 65.2 cm³/mol. The molecule has 0 aromatic heterocycles. The first-order chi connectivity index (χ1) is 7.69. The van der Waals surface area contributed by atoms with Gasteiger partial charge in [-0.25, -0.2) is 10.8 Å². The first kappa shape index (κ1) is 13.2. The van der Waals surface area contributed by atoms with E-state index in [2.05, 4.69) is 34.2 Å². The van der Waals surface area contributed by atoms with Crippen molar-refractivity contribution < 1.29 is 4.74 Å². The van der Waals surface area contributed by atoms with Gasteiger partial charge in [-0.05, 0) is 14.0 Å². The molecule has 1 rings (SSSR count). The molecule has 1 unspecified atom stereocenters. The maximum absolute atomic E-state index is 5.49. The zero-order chi connectivity index (χ0) is 12.0. The number of piperazine rings is 1. The van der Waals surface area contributed by atoms with Gasteiger partial charge in [0.15, 0.2) is 0 Å². The second-order valence-corrected chi connectivity index (χ2v) is 4.12. The van der Waals surface area contributed by atoms with E-state index in [1.165, 1.54) is 0 Å². The third-order valence-corrected chi connectivity index (χ3v) is 2.95. The molecular formula is C10H23N5O. The molecule has 0 aliphatic carbocycles. The van der Waals surface area contributed by atoms with Gasteiger partial charge < -0.3 is 14.5 Å². The van der Waals surface area contributed by atoms with Crippen molar-refractivity contribution in [2.45, 2.75) is 13.0 Å². The number of nitrogens with zero attached hydrogens (tertiary/aromatic N) is 3. The van der Waals surface area contributed by atoms with E-state index in [1.54, 1.807) is 7.11 Å². The van der Waals surface area contributed by atoms with Crippen LogP contribution < -0.4 is 11.3 Å². The largest absolute Gasteiger partial charge is 0.383 e. The van der Waals surface area contributed by atoms with Gasteiger partial charge >= 0.3 is 0 Å². The van der Waals surface area contributed by atoms with E-state index in [0.717, 1.165) is 25.6 Å². The van der Waals surface area contributed by atoms with Crippen LogP contribution in [0, 0.1) is 0 Å². The Morgan fingerprint density at radius 1 is 1.56 bits per heavy atom. The van der Waals surface area contributed by atoms with Crippen LogP contribution >= 0.6 is 0 Å². The van der Waals surface area contributed by atoms with Crippen molar-refractivity contribution in [2.24, 2.45) is 10.8 Å². The number of nitrogens with one attached hydrogen (secondary N) is 1. The Morgan fingerprint density at radius 2 is 2.31 bits per heavy atom. The van der Waals surface area contributed by atoms with Crippen LogP contribution in [0.4, 0.5) is 0 Å². The zero-order valence-corrected chi connectivity index (χ0v) is 10.4. The molecule has 94 valence electrons. The predicted octanol–water partition coefficient (Wildman–Crippen LogP) is -0.912. The summed E-state index contributed by atoms with van der Waals surface area (Å²) in [5, 5.41) is 0.